The molecule has 1 aromatic carbocycles. The molecule has 0 bridgehead atoms. The van der Waals surface area contributed by atoms with Gasteiger partial charge in [-0.25, -0.2) is 0 Å². The van der Waals surface area contributed by atoms with Crippen molar-refractivity contribution in [3.05, 3.63) is 29.8 Å². The van der Waals surface area contributed by atoms with Gasteiger partial charge >= 0.3 is 0 Å². The third-order valence-corrected chi connectivity index (χ3v) is 5.55. The van der Waals surface area contributed by atoms with Crippen molar-refractivity contribution < 1.29 is 5.11 Å². The molecule has 0 radical (unpaired) electrons. The van der Waals surface area contributed by atoms with Gasteiger partial charge in [0, 0.05) is 30.7 Å². The maximum atomic E-state index is 10.8. The number of fused-ring (bicyclic) bond motifs is 1. The molecule has 3 rings (SSSR count). The highest BCUT2D eigenvalue weighted by Gasteiger charge is 2.42. The Morgan fingerprint density at radius 2 is 2.05 bits per heavy atom. The number of piperidine rings is 1. The zero-order chi connectivity index (χ0) is 14.9. The molecule has 0 amide bonds. The zero-order valence-corrected chi connectivity index (χ0v) is 13.1. The predicted molar refractivity (Wildman–Crippen MR) is 87.4 cm³/mol. The summed E-state index contributed by atoms with van der Waals surface area (Å²) in [6.07, 6.45) is 6.51. The maximum absolute atomic E-state index is 10.8. The van der Waals surface area contributed by atoms with Crippen LogP contribution in [0.3, 0.4) is 0 Å². The van der Waals surface area contributed by atoms with Crippen molar-refractivity contribution in [2.75, 3.05) is 18.0 Å². The fourth-order valence-electron chi connectivity index (χ4n) is 3.97. The highest BCUT2D eigenvalue weighted by atomic mass is 16.3. The summed E-state index contributed by atoms with van der Waals surface area (Å²) in [5, 5.41) is 10.8. The van der Waals surface area contributed by atoms with Crippen molar-refractivity contribution >= 4 is 5.69 Å². The first-order valence-corrected chi connectivity index (χ1v) is 8.45. The molecule has 1 saturated heterocycles. The molecular formula is C18H28N2O. The fourth-order valence-corrected chi connectivity index (χ4v) is 3.97. The van der Waals surface area contributed by atoms with Gasteiger partial charge in [0.2, 0.25) is 0 Å². The Morgan fingerprint density at radius 3 is 2.76 bits per heavy atom. The quantitative estimate of drug-likeness (QED) is 0.898. The van der Waals surface area contributed by atoms with E-state index in [0.29, 0.717) is 5.92 Å². The van der Waals surface area contributed by atoms with Crippen molar-refractivity contribution in [1.29, 1.82) is 0 Å². The second-order valence-corrected chi connectivity index (χ2v) is 6.85. The summed E-state index contributed by atoms with van der Waals surface area (Å²) in [5.41, 5.74) is 8.18. The van der Waals surface area contributed by atoms with Crippen molar-refractivity contribution in [2.24, 2.45) is 11.7 Å². The Hall–Kier alpha value is -1.06. The minimum Gasteiger partial charge on any atom is -0.389 e. The molecule has 2 fully saturated rings. The summed E-state index contributed by atoms with van der Waals surface area (Å²) >= 11 is 0. The summed E-state index contributed by atoms with van der Waals surface area (Å²) in [7, 11) is 0. The summed E-state index contributed by atoms with van der Waals surface area (Å²) in [4.78, 5) is 2.44. The van der Waals surface area contributed by atoms with Crippen molar-refractivity contribution in [2.45, 2.75) is 57.1 Å². The van der Waals surface area contributed by atoms with Crippen LogP contribution in [0, 0.1) is 5.92 Å². The molecule has 3 atom stereocenters. The van der Waals surface area contributed by atoms with Crippen LogP contribution in [0.1, 0.15) is 57.1 Å². The Balaban J connectivity index is 1.70. The molecule has 2 aliphatic rings. The molecule has 1 aliphatic heterocycles. The van der Waals surface area contributed by atoms with Gasteiger partial charge < -0.3 is 15.7 Å². The number of aliphatic hydroxyl groups is 1. The van der Waals surface area contributed by atoms with E-state index in [-0.39, 0.29) is 11.6 Å². The number of benzene rings is 1. The van der Waals surface area contributed by atoms with Gasteiger partial charge in [-0.2, -0.15) is 0 Å². The van der Waals surface area contributed by atoms with Gasteiger partial charge in [0.15, 0.2) is 0 Å². The van der Waals surface area contributed by atoms with Crippen LogP contribution in [0.4, 0.5) is 5.69 Å². The topological polar surface area (TPSA) is 49.5 Å². The van der Waals surface area contributed by atoms with Crippen LogP contribution < -0.4 is 10.6 Å². The molecule has 3 N–H and O–H groups in total. The number of hydrogen-bond donors (Lipinski definition) is 2. The first-order valence-electron chi connectivity index (χ1n) is 8.45. The largest absolute Gasteiger partial charge is 0.389 e. The van der Waals surface area contributed by atoms with E-state index in [2.05, 4.69) is 36.1 Å². The highest BCUT2D eigenvalue weighted by Crippen LogP contribution is 2.40. The van der Waals surface area contributed by atoms with Gasteiger partial charge in [-0.15, -0.1) is 0 Å². The molecule has 1 aromatic rings. The van der Waals surface area contributed by atoms with E-state index in [1.165, 1.54) is 30.5 Å². The average Bonchev–Trinajstić information content (AvgIpc) is 2.53. The number of anilines is 1. The normalized spacial score (nSPS) is 30.8. The SMILES string of the molecule is CC[C@@H](N)c1ccc(N2CCC3(O)CCCCC3C2)cc1. The molecular weight excluding hydrogens is 260 g/mol. The first kappa shape index (κ1) is 14.9. The molecule has 3 heteroatoms. The van der Waals surface area contributed by atoms with Gasteiger partial charge in [-0.05, 0) is 43.4 Å². The first-order chi connectivity index (χ1) is 10.1. The summed E-state index contributed by atoms with van der Waals surface area (Å²) in [6, 6.07) is 8.84. The molecule has 2 unspecified atom stereocenters. The third kappa shape index (κ3) is 2.95. The molecule has 1 aliphatic carbocycles. The van der Waals surface area contributed by atoms with E-state index >= 15 is 0 Å². The summed E-state index contributed by atoms with van der Waals surface area (Å²) < 4.78 is 0. The number of rotatable bonds is 3. The lowest BCUT2D eigenvalue weighted by molar-refractivity contribution is -0.0612. The van der Waals surface area contributed by atoms with E-state index in [0.717, 1.165) is 32.4 Å². The summed E-state index contributed by atoms with van der Waals surface area (Å²) in [6.45, 7) is 4.08. The number of nitrogens with two attached hydrogens (primary N) is 1. The van der Waals surface area contributed by atoms with Crippen LogP contribution in [0.25, 0.3) is 0 Å². The molecule has 3 nitrogen and oxygen atoms in total. The second kappa shape index (κ2) is 5.98. The standard InChI is InChI=1S/C18H28N2O/c1-2-17(19)14-6-8-16(9-7-14)20-12-11-18(21)10-4-3-5-15(18)13-20/h6-9,15,17,21H,2-5,10-13,19H2,1H3/t15?,17-,18?/m1/s1. The van der Waals surface area contributed by atoms with Gasteiger partial charge in [0.05, 0.1) is 5.60 Å². The highest BCUT2D eigenvalue weighted by molar-refractivity contribution is 5.48. The molecule has 21 heavy (non-hydrogen) atoms. The molecule has 1 saturated carbocycles. The lowest BCUT2D eigenvalue weighted by atomic mass is 9.71. The van der Waals surface area contributed by atoms with Crippen LogP contribution >= 0.6 is 0 Å². The lowest BCUT2D eigenvalue weighted by Crippen LogP contribution is -2.53. The second-order valence-electron chi connectivity index (χ2n) is 6.85. The Morgan fingerprint density at radius 1 is 1.29 bits per heavy atom. The monoisotopic (exact) mass is 288 g/mol. The predicted octanol–water partition coefficient (Wildman–Crippen LogP) is 3.23. The van der Waals surface area contributed by atoms with Gasteiger partial charge in [-0.3, -0.25) is 0 Å². The summed E-state index contributed by atoms with van der Waals surface area (Å²) in [5.74, 6) is 0.442. The molecule has 116 valence electrons. The Labute approximate surface area is 128 Å². The van der Waals surface area contributed by atoms with Gasteiger partial charge in [0.1, 0.15) is 0 Å². The van der Waals surface area contributed by atoms with Crippen molar-refractivity contribution in [3.8, 4) is 0 Å². The van der Waals surface area contributed by atoms with Crippen LogP contribution in [-0.2, 0) is 0 Å². The van der Waals surface area contributed by atoms with E-state index < -0.39 is 0 Å². The molecule has 0 aromatic heterocycles. The number of hydrogen-bond acceptors (Lipinski definition) is 3. The van der Waals surface area contributed by atoms with Crippen LogP contribution in [0.15, 0.2) is 24.3 Å². The lowest BCUT2D eigenvalue weighted by Gasteiger charge is -2.48. The van der Waals surface area contributed by atoms with Crippen molar-refractivity contribution in [1.82, 2.24) is 0 Å². The minimum atomic E-state index is -0.390. The zero-order valence-electron chi connectivity index (χ0n) is 13.1. The molecule has 0 spiro atoms. The van der Waals surface area contributed by atoms with Crippen molar-refractivity contribution in [3.63, 3.8) is 0 Å². The Bertz CT molecular complexity index is 473. The minimum absolute atomic E-state index is 0.142. The molecule has 1 heterocycles. The van der Waals surface area contributed by atoms with E-state index in [4.69, 9.17) is 5.73 Å². The Kier molecular flexibility index (Phi) is 4.23. The van der Waals surface area contributed by atoms with Gasteiger partial charge in [-0.1, -0.05) is 31.9 Å². The van der Waals surface area contributed by atoms with E-state index in [1.54, 1.807) is 0 Å². The van der Waals surface area contributed by atoms with E-state index in [9.17, 15) is 5.11 Å². The fraction of sp³-hybridized carbons (Fsp3) is 0.667. The van der Waals surface area contributed by atoms with Gasteiger partial charge in [0.25, 0.3) is 0 Å². The number of nitrogens with zero attached hydrogens (tertiary/aromatic N) is 1. The maximum Gasteiger partial charge on any atom is 0.0709 e. The smallest absolute Gasteiger partial charge is 0.0709 e. The van der Waals surface area contributed by atoms with Crippen LogP contribution in [0.2, 0.25) is 0 Å². The van der Waals surface area contributed by atoms with E-state index in [1.807, 2.05) is 0 Å². The van der Waals surface area contributed by atoms with Crippen LogP contribution in [0.5, 0.6) is 0 Å². The average molecular weight is 288 g/mol. The third-order valence-electron chi connectivity index (χ3n) is 5.55. The van der Waals surface area contributed by atoms with Crippen LogP contribution in [-0.4, -0.2) is 23.8 Å².